The second-order valence-corrected chi connectivity index (χ2v) is 6.82. The summed E-state index contributed by atoms with van der Waals surface area (Å²) in [6.07, 6.45) is 0. The average Bonchev–Trinajstić information content (AvgIpc) is 2.47. The maximum Gasteiger partial charge on any atom is 0.319 e. The number of piperazine rings is 1. The molecule has 2 amide bonds. The first kappa shape index (κ1) is 14.8. The Morgan fingerprint density at radius 3 is 2.10 bits per heavy atom. The van der Waals surface area contributed by atoms with Crippen LogP contribution in [0, 0.1) is 0 Å². The highest BCUT2D eigenvalue weighted by atomic mass is 32.2. The van der Waals surface area contributed by atoms with Gasteiger partial charge in [0.05, 0.1) is 4.90 Å². The number of sulfonamides is 1. The highest BCUT2D eigenvalue weighted by Gasteiger charge is 2.30. The van der Waals surface area contributed by atoms with Crippen molar-refractivity contribution in [3.8, 4) is 0 Å². The minimum atomic E-state index is -3.45. The molecule has 1 saturated heterocycles. The molecule has 1 heterocycles. The zero-order valence-electron chi connectivity index (χ0n) is 11.7. The first-order chi connectivity index (χ1) is 9.43. The highest BCUT2D eigenvalue weighted by Crippen LogP contribution is 2.17. The van der Waals surface area contributed by atoms with Gasteiger partial charge in [0.1, 0.15) is 0 Å². The predicted molar refractivity (Wildman–Crippen MR) is 75.9 cm³/mol. The van der Waals surface area contributed by atoms with E-state index in [0.29, 0.717) is 31.1 Å². The van der Waals surface area contributed by atoms with Crippen LogP contribution >= 0.6 is 0 Å². The molecule has 0 N–H and O–H groups in total. The zero-order valence-corrected chi connectivity index (χ0v) is 12.5. The van der Waals surface area contributed by atoms with E-state index in [1.165, 1.54) is 9.21 Å². The lowest BCUT2D eigenvalue weighted by atomic mass is 10.4. The first-order valence-electron chi connectivity index (χ1n) is 6.44. The molecule has 0 radical (unpaired) electrons. The molecule has 6 nitrogen and oxygen atoms in total. The lowest BCUT2D eigenvalue weighted by molar-refractivity contribution is 0.149. The third-order valence-electron chi connectivity index (χ3n) is 3.27. The van der Waals surface area contributed by atoms with Gasteiger partial charge in [0.15, 0.2) is 0 Å². The Kier molecular flexibility index (Phi) is 4.29. The second-order valence-electron chi connectivity index (χ2n) is 4.88. The van der Waals surface area contributed by atoms with Crippen molar-refractivity contribution in [2.24, 2.45) is 0 Å². The van der Waals surface area contributed by atoms with Crippen molar-refractivity contribution in [3.05, 3.63) is 30.3 Å². The van der Waals surface area contributed by atoms with E-state index in [1.807, 2.05) is 0 Å². The quantitative estimate of drug-likeness (QED) is 0.806. The minimum absolute atomic E-state index is 0.0817. The first-order valence-corrected chi connectivity index (χ1v) is 7.88. The third kappa shape index (κ3) is 2.94. The lowest BCUT2D eigenvalue weighted by Gasteiger charge is -2.35. The van der Waals surface area contributed by atoms with E-state index < -0.39 is 10.0 Å². The molecular weight excluding hydrogens is 278 g/mol. The Labute approximate surface area is 119 Å². The molecule has 0 unspecified atom stereocenters. The Morgan fingerprint density at radius 2 is 1.60 bits per heavy atom. The van der Waals surface area contributed by atoms with Crippen molar-refractivity contribution in [1.29, 1.82) is 0 Å². The van der Waals surface area contributed by atoms with E-state index in [1.54, 1.807) is 49.3 Å². The number of rotatable bonds is 2. The molecule has 7 heteroatoms. The molecule has 0 aromatic heterocycles. The van der Waals surface area contributed by atoms with Gasteiger partial charge in [-0.05, 0) is 12.1 Å². The van der Waals surface area contributed by atoms with Gasteiger partial charge in [0, 0.05) is 40.3 Å². The normalized spacial score (nSPS) is 17.0. The number of hydrogen-bond acceptors (Lipinski definition) is 3. The highest BCUT2D eigenvalue weighted by molar-refractivity contribution is 7.89. The monoisotopic (exact) mass is 297 g/mol. The fourth-order valence-corrected chi connectivity index (χ4v) is 3.59. The summed E-state index contributed by atoms with van der Waals surface area (Å²) in [5.41, 5.74) is 0. The van der Waals surface area contributed by atoms with Crippen LogP contribution in [0.5, 0.6) is 0 Å². The van der Waals surface area contributed by atoms with Gasteiger partial charge >= 0.3 is 6.03 Å². The number of urea groups is 1. The average molecular weight is 297 g/mol. The van der Waals surface area contributed by atoms with Crippen LogP contribution in [-0.2, 0) is 10.0 Å². The van der Waals surface area contributed by atoms with Gasteiger partial charge in [-0.1, -0.05) is 18.2 Å². The van der Waals surface area contributed by atoms with Crippen LogP contribution in [0.2, 0.25) is 0 Å². The Hall–Kier alpha value is -1.60. The fraction of sp³-hybridized carbons (Fsp3) is 0.462. The molecule has 1 fully saturated rings. The smallest absolute Gasteiger partial charge is 0.319 e. The van der Waals surface area contributed by atoms with Gasteiger partial charge in [-0.3, -0.25) is 0 Å². The molecule has 20 heavy (non-hydrogen) atoms. The maximum atomic E-state index is 12.4. The Morgan fingerprint density at radius 1 is 1.05 bits per heavy atom. The van der Waals surface area contributed by atoms with E-state index in [2.05, 4.69) is 0 Å². The van der Waals surface area contributed by atoms with Crippen molar-refractivity contribution in [1.82, 2.24) is 14.1 Å². The van der Waals surface area contributed by atoms with E-state index in [4.69, 9.17) is 0 Å². The molecule has 1 aromatic carbocycles. The predicted octanol–water partition coefficient (Wildman–Crippen LogP) is 0.674. The summed E-state index contributed by atoms with van der Waals surface area (Å²) in [7, 11) is -0.0698. The molecule has 0 atom stereocenters. The van der Waals surface area contributed by atoms with Gasteiger partial charge in [0.2, 0.25) is 10.0 Å². The van der Waals surface area contributed by atoms with Gasteiger partial charge < -0.3 is 9.80 Å². The van der Waals surface area contributed by atoms with Crippen LogP contribution in [0.15, 0.2) is 35.2 Å². The summed E-state index contributed by atoms with van der Waals surface area (Å²) >= 11 is 0. The van der Waals surface area contributed by atoms with E-state index in [9.17, 15) is 13.2 Å². The summed E-state index contributed by atoms with van der Waals surface area (Å²) in [6.45, 7) is 1.50. The summed E-state index contributed by atoms with van der Waals surface area (Å²) < 4.78 is 26.3. The van der Waals surface area contributed by atoms with Gasteiger partial charge in [-0.2, -0.15) is 4.31 Å². The van der Waals surface area contributed by atoms with Crippen molar-refractivity contribution in [2.45, 2.75) is 4.90 Å². The van der Waals surface area contributed by atoms with E-state index in [0.717, 1.165) is 0 Å². The minimum Gasteiger partial charge on any atom is -0.331 e. The van der Waals surface area contributed by atoms with Crippen molar-refractivity contribution in [2.75, 3.05) is 40.3 Å². The number of nitrogens with zero attached hydrogens (tertiary/aromatic N) is 3. The van der Waals surface area contributed by atoms with E-state index in [-0.39, 0.29) is 6.03 Å². The molecule has 2 rings (SSSR count). The van der Waals surface area contributed by atoms with Gasteiger partial charge in [-0.15, -0.1) is 0 Å². The SMILES string of the molecule is CN(C)C(=O)N1CCN(S(=O)(=O)c2ccccc2)CC1. The molecule has 0 spiro atoms. The molecule has 1 aromatic rings. The Bertz CT molecular complexity index is 564. The molecule has 0 saturated carbocycles. The van der Waals surface area contributed by atoms with Crippen LogP contribution < -0.4 is 0 Å². The van der Waals surface area contributed by atoms with Crippen LogP contribution in [0.25, 0.3) is 0 Å². The summed E-state index contributed by atoms with van der Waals surface area (Å²) in [6, 6.07) is 8.30. The molecule has 1 aliphatic rings. The van der Waals surface area contributed by atoms with Crippen molar-refractivity contribution >= 4 is 16.1 Å². The van der Waals surface area contributed by atoms with Gasteiger partial charge in [0.25, 0.3) is 0 Å². The number of amides is 2. The Balaban J connectivity index is 2.06. The summed E-state index contributed by atoms with van der Waals surface area (Å²) in [5.74, 6) is 0. The number of carbonyl (C=O) groups is 1. The maximum absolute atomic E-state index is 12.4. The topological polar surface area (TPSA) is 60.9 Å². The largest absolute Gasteiger partial charge is 0.331 e. The summed E-state index contributed by atoms with van der Waals surface area (Å²) in [5, 5.41) is 0. The van der Waals surface area contributed by atoms with Crippen molar-refractivity contribution in [3.63, 3.8) is 0 Å². The van der Waals surface area contributed by atoms with Crippen LogP contribution in [-0.4, -0.2) is 68.8 Å². The molecule has 0 bridgehead atoms. The van der Waals surface area contributed by atoms with Crippen LogP contribution in [0.3, 0.4) is 0 Å². The van der Waals surface area contributed by atoms with Crippen LogP contribution in [0.4, 0.5) is 4.79 Å². The van der Waals surface area contributed by atoms with Gasteiger partial charge in [-0.25, -0.2) is 13.2 Å². The van der Waals surface area contributed by atoms with Crippen molar-refractivity contribution < 1.29 is 13.2 Å². The van der Waals surface area contributed by atoms with Crippen LogP contribution in [0.1, 0.15) is 0 Å². The number of hydrogen-bond donors (Lipinski definition) is 0. The second kappa shape index (κ2) is 5.80. The molecule has 110 valence electrons. The fourth-order valence-electron chi connectivity index (χ4n) is 2.14. The zero-order chi connectivity index (χ0) is 14.8. The standard InChI is InChI=1S/C13H19N3O3S/c1-14(2)13(17)15-8-10-16(11-9-15)20(18,19)12-6-4-3-5-7-12/h3-7H,8-11H2,1-2H3. The molecule has 1 aliphatic heterocycles. The number of carbonyl (C=O) groups excluding carboxylic acids is 1. The molecular formula is C13H19N3O3S. The summed E-state index contributed by atoms with van der Waals surface area (Å²) in [4.78, 5) is 15.3. The number of benzene rings is 1. The molecule has 0 aliphatic carbocycles. The van der Waals surface area contributed by atoms with E-state index >= 15 is 0 Å². The third-order valence-corrected chi connectivity index (χ3v) is 5.19. The lowest BCUT2D eigenvalue weighted by Crippen LogP contribution is -2.52.